The largest absolute Gasteiger partial charge is 0.393 e. The molecule has 102 valence electrons. The van der Waals surface area contributed by atoms with Gasteiger partial charge in [0.25, 0.3) is 0 Å². The second kappa shape index (κ2) is 14.6. The molecule has 2 heteroatoms. The first-order valence-corrected chi connectivity index (χ1v) is 5.55. The van der Waals surface area contributed by atoms with Crippen molar-refractivity contribution in [2.24, 2.45) is 11.8 Å². The van der Waals surface area contributed by atoms with Crippen LogP contribution in [0.15, 0.2) is 0 Å². The van der Waals surface area contributed by atoms with Crippen LogP contribution in [0.3, 0.4) is 0 Å². The fourth-order valence-corrected chi connectivity index (χ4v) is 0.629. The van der Waals surface area contributed by atoms with E-state index in [9.17, 15) is 4.79 Å². The summed E-state index contributed by atoms with van der Waals surface area (Å²) < 4.78 is 0. The van der Waals surface area contributed by atoms with Crippen molar-refractivity contribution in [3.63, 3.8) is 0 Å². The fourth-order valence-electron chi connectivity index (χ4n) is 0.629. The van der Waals surface area contributed by atoms with E-state index in [1.807, 2.05) is 27.7 Å². The number of aliphatic hydroxyl groups excluding tert-OH is 1. The van der Waals surface area contributed by atoms with E-state index in [4.69, 9.17) is 5.11 Å². The van der Waals surface area contributed by atoms with Gasteiger partial charge < -0.3 is 5.11 Å². The van der Waals surface area contributed by atoms with Gasteiger partial charge in [-0.2, -0.15) is 0 Å². The number of Topliss-reactive ketones (excluding diaryl/α,β-unsaturated/α-hetero) is 1. The van der Waals surface area contributed by atoms with Gasteiger partial charge in [-0.05, 0) is 26.2 Å². The average molecular weight is 234 g/mol. The zero-order chi connectivity index (χ0) is 11.7. The third-order valence-electron chi connectivity index (χ3n) is 2.77. The van der Waals surface area contributed by atoms with E-state index >= 15 is 0 Å². The van der Waals surface area contributed by atoms with Crippen LogP contribution in [0.5, 0.6) is 0 Å². The monoisotopic (exact) mass is 234 g/mol. The van der Waals surface area contributed by atoms with E-state index in [0.717, 1.165) is 12.8 Å². The van der Waals surface area contributed by atoms with E-state index in [-0.39, 0.29) is 26.9 Å². The van der Waals surface area contributed by atoms with Crippen molar-refractivity contribution in [2.75, 3.05) is 0 Å². The number of carbonyl (C=O) groups is 1. The summed E-state index contributed by atoms with van der Waals surface area (Å²) in [7, 11) is 0. The Morgan fingerprint density at radius 2 is 1.44 bits per heavy atom. The topological polar surface area (TPSA) is 37.3 Å². The van der Waals surface area contributed by atoms with Crippen LogP contribution in [-0.2, 0) is 4.79 Å². The first kappa shape index (κ1) is 24.7. The summed E-state index contributed by atoms with van der Waals surface area (Å²) in [5, 5.41) is 8.82. The van der Waals surface area contributed by atoms with Crippen molar-refractivity contribution in [2.45, 2.75) is 75.3 Å². The highest BCUT2D eigenvalue weighted by molar-refractivity contribution is 5.77. The molecule has 3 atom stereocenters. The Labute approximate surface area is 103 Å². The van der Waals surface area contributed by atoms with Crippen LogP contribution in [0.1, 0.15) is 69.2 Å². The second-order valence-corrected chi connectivity index (χ2v) is 4.05. The molecule has 0 fully saturated rings. The highest BCUT2D eigenvalue weighted by Gasteiger charge is 2.03. The van der Waals surface area contributed by atoms with Crippen LogP contribution in [0.4, 0.5) is 0 Å². The molecule has 0 rings (SSSR count). The minimum absolute atomic E-state index is 0. The number of aliphatic hydroxyl groups is 1. The molecule has 2 nitrogen and oxygen atoms in total. The van der Waals surface area contributed by atoms with Gasteiger partial charge in [0.1, 0.15) is 5.78 Å². The lowest BCUT2D eigenvalue weighted by molar-refractivity contribution is -0.120. The molecule has 0 aromatic carbocycles. The van der Waals surface area contributed by atoms with Gasteiger partial charge in [0.15, 0.2) is 0 Å². The molecule has 0 spiro atoms. The van der Waals surface area contributed by atoms with Gasteiger partial charge >= 0.3 is 0 Å². The molecule has 0 saturated heterocycles. The average Bonchev–Trinajstić information content (AvgIpc) is 2.15. The predicted molar refractivity (Wildman–Crippen MR) is 74.7 cm³/mol. The molecular weight excluding hydrogens is 200 g/mol. The molecule has 1 N–H and O–H groups in total. The maximum absolute atomic E-state index is 10.4. The third-order valence-corrected chi connectivity index (χ3v) is 2.77. The molecule has 16 heavy (non-hydrogen) atoms. The zero-order valence-corrected chi connectivity index (χ0v) is 10.5. The molecule has 0 heterocycles. The quantitative estimate of drug-likeness (QED) is 0.787. The van der Waals surface area contributed by atoms with Gasteiger partial charge in [-0.15, -0.1) is 0 Å². The maximum atomic E-state index is 10.4. The Kier molecular flexibility index (Phi) is 22.6. The summed E-state index contributed by atoms with van der Waals surface area (Å²) in [6.45, 7) is 11.6. The number of hydrogen-bond donors (Lipinski definition) is 1. The lowest BCUT2D eigenvalue weighted by Crippen LogP contribution is -2.10. The summed E-state index contributed by atoms with van der Waals surface area (Å²) in [5.74, 6) is 1.02. The summed E-state index contributed by atoms with van der Waals surface area (Å²) in [6, 6.07) is 0. The van der Waals surface area contributed by atoms with Crippen LogP contribution in [0.25, 0.3) is 0 Å². The van der Waals surface area contributed by atoms with Crippen LogP contribution in [0.2, 0.25) is 0 Å². The molecule has 0 aliphatic carbocycles. The van der Waals surface area contributed by atoms with Gasteiger partial charge in [-0.1, -0.05) is 49.0 Å². The maximum Gasteiger partial charge on any atom is 0.132 e. The Morgan fingerprint density at radius 1 is 1.06 bits per heavy atom. The lowest BCUT2D eigenvalue weighted by Gasteiger charge is -2.09. The number of rotatable bonds is 4. The summed E-state index contributed by atoms with van der Waals surface area (Å²) >= 11 is 0. The van der Waals surface area contributed by atoms with Crippen LogP contribution in [0, 0.1) is 11.8 Å². The first-order valence-electron chi connectivity index (χ1n) is 5.55. The van der Waals surface area contributed by atoms with E-state index in [1.54, 1.807) is 6.92 Å². The first-order chi connectivity index (χ1) is 6.36. The predicted octanol–water partition coefficient (Wildman–Crippen LogP) is 4.31. The van der Waals surface area contributed by atoms with Crippen LogP contribution < -0.4 is 0 Å². The van der Waals surface area contributed by atoms with Gasteiger partial charge in [-0.3, -0.25) is 4.79 Å². The van der Waals surface area contributed by atoms with Crippen molar-refractivity contribution in [3.05, 3.63) is 0 Å². The number of ketones is 1. The summed E-state index contributed by atoms with van der Waals surface area (Å²) in [6.07, 6.45) is 1.90. The van der Waals surface area contributed by atoms with Crippen molar-refractivity contribution >= 4 is 5.78 Å². The highest BCUT2D eigenvalue weighted by atomic mass is 16.3. The Bertz CT molecular complexity index is 142. The zero-order valence-electron chi connectivity index (χ0n) is 10.5. The fraction of sp³-hybridized carbons (Fsp3) is 0.929. The summed E-state index contributed by atoms with van der Waals surface area (Å²) in [5.41, 5.74) is 0. The molecule has 0 aliphatic rings. The number of carbonyl (C=O) groups excluding carboxylic acids is 1. The normalized spacial score (nSPS) is 14.2. The van der Waals surface area contributed by atoms with Crippen LogP contribution >= 0.6 is 0 Å². The van der Waals surface area contributed by atoms with E-state index in [1.165, 1.54) is 0 Å². The van der Waals surface area contributed by atoms with E-state index in [0.29, 0.717) is 11.7 Å². The highest BCUT2D eigenvalue weighted by Crippen LogP contribution is 2.04. The molecule has 0 bridgehead atoms. The molecule has 0 saturated carbocycles. The summed E-state index contributed by atoms with van der Waals surface area (Å²) in [4.78, 5) is 10.4. The van der Waals surface area contributed by atoms with Gasteiger partial charge in [0.05, 0.1) is 6.10 Å². The van der Waals surface area contributed by atoms with Gasteiger partial charge in [0.2, 0.25) is 0 Å². The SMILES string of the molecule is C.C.CC[C@H](C)C(C)=O.CC[C@H](C)[C@@H](C)O. The molecule has 0 aliphatic heterocycles. The molecule has 0 aromatic heterocycles. The van der Waals surface area contributed by atoms with Gasteiger partial charge in [0, 0.05) is 5.92 Å². The van der Waals surface area contributed by atoms with Crippen molar-refractivity contribution in [3.8, 4) is 0 Å². The van der Waals surface area contributed by atoms with Crippen molar-refractivity contribution in [1.29, 1.82) is 0 Å². The minimum atomic E-state index is -0.134. The lowest BCUT2D eigenvalue weighted by atomic mass is 10.0. The van der Waals surface area contributed by atoms with Crippen LogP contribution in [-0.4, -0.2) is 17.0 Å². The standard InChI is InChI=1S/C6H14O.C6H12O.2CH4/c2*1-4-5(2)6(3)7;;/h5-7H,4H2,1-3H3;5H,4H2,1-3H3;2*1H4/t5-,6+;5-;;/m00../s1. The molecular formula is C14H34O2. The van der Waals surface area contributed by atoms with Gasteiger partial charge in [-0.25, -0.2) is 0 Å². The minimum Gasteiger partial charge on any atom is -0.393 e. The number of hydrogen-bond acceptors (Lipinski definition) is 2. The molecule has 0 radical (unpaired) electrons. The second-order valence-electron chi connectivity index (χ2n) is 4.05. The van der Waals surface area contributed by atoms with E-state index in [2.05, 4.69) is 6.92 Å². The molecule has 0 aromatic rings. The molecule has 0 unspecified atom stereocenters. The van der Waals surface area contributed by atoms with Crippen molar-refractivity contribution in [1.82, 2.24) is 0 Å². The third kappa shape index (κ3) is 16.1. The molecule has 0 amide bonds. The Balaban J connectivity index is -0.0000000800. The smallest absolute Gasteiger partial charge is 0.132 e. The van der Waals surface area contributed by atoms with Crippen molar-refractivity contribution < 1.29 is 9.90 Å². The van der Waals surface area contributed by atoms with E-state index < -0.39 is 0 Å². The Morgan fingerprint density at radius 3 is 1.44 bits per heavy atom. The Hall–Kier alpha value is -0.370.